The van der Waals surface area contributed by atoms with Gasteiger partial charge in [0.15, 0.2) is 4.67 Å². The Labute approximate surface area is 129 Å². The molecule has 0 unspecified atom stereocenters. The van der Waals surface area contributed by atoms with Gasteiger partial charge < -0.3 is 9.73 Å². The van der Waals surface area contributed by atoms with Gasteiger partial charge in [0.1, 0.15) is 12.3 Å². The van der Waals surface area contributed by atoms with Gasteiger partial charge >= 0.3 is 0 Å². The summed E-state index contributed by atoms with van der Waals surface area (Å²) in [7, 11) is 0. The van der Waals surface area contributed by atoms with Crippen LogP contribution in [0.4, 0.5) is 11.4 Å². The minimum Gasteiger partial charge on any atom is -0.450 e. The fourth-order valence-corrected chi connectivity index (χ4v) is 2.41. The molecule has 0 radical (unpaired) electrons. The lowest BCUT2D eigenvalue weighted by Crippen LogP contribution is -2.41. The number of hydrogen-bond acceptors (Lipinski definition) is 3. The second kappa shape index (κ2) is 5.57. The number of halogens is 1. The average molecular weight is 347 g/mol. The van der Waals surface area contributed by atoms with Crippen molar-refractivity contribution in [1.82, 2.24) is 0 Å². The SMILES string of the molecule is O=C1CN(C(=O)/C=C/c2ccc(Br)o2)c2ccccc2N1. The first-order valence-electron chi connectivity index (χ1n) is 6.27. The first kappa shape index (κ1) is 13.6. The molecule has 2 aromatic rings. The molecule has 0 atom stereocenters. The predicted octanol–water partition coefficient (Wildman–Crippen LogP) is 3.04. The average Bonchev–Trinajstić information content (AvgIpc) is 2.89. The molecule has 0 bridgehead atoms. The summed E-state index contributed by atoms with van der Waals surface area (Å²) >= 11 is 3.20. The van der Waals surface area contributed by atoms with E-state index in [-0.39, 0.29) is 18.4 Å². The van der Waals surface area contributed by atoms with Crippen molar-refractivity contribution in [2.45, 2.75) is 0 Å². The number of fused-ring (bicyclic) bond motifs is 1. The molecule has 2 amide bonds. The molecule has 3 rings (SSSR count). The number of benzene rings is 1. The van der Waals surface area contributed by atoms with Crippen molar-refractivity contribution in [3.63, 3.8) is 0 Å². The molecule has 1 aliphatic rings. The number of rotatable bonds is 2. The number of nitrogens with one attached hydrogen (secondary N) is 1. The van der Waals surface area contributed by atoms with Gasteiger partial charge in [0, 0.05) is 6.08 Å². The van der Waals surface area contributed by atoms with Crippen LogP contribution >= 0.6 is 15.9 Å². The van der Waals surface area contributed by atoms with Gasteiger partial charge in [-0.1, -0.05) is 12.1 Å². The van der Waals surface area contributed by atoms with Gasteiger partial charge in [-0.3, -0.25) is 14.5 Å². The van der Waals surface area contributed by atoms with Crippen molar-refractivity contribution >= 4 is 45.2 Å². The predicted molar refractivity (Wildman–Crippen MR) is 82.9 cm³/mol. The number of hydrogen-bond donors (Lipinski definition) is 1. The molecule has 0 saturated heterocycles. The third kappa shape index (κ3) is 2.90. The highest BCUT2D eigenvalue weighted by molar-refractivity contribution is 9.10. The highest BCUT2D eigenvalue weighted by Crippen LogP contribution is 2.29. The quantitative estimate of drug-likeness (QED) is 0.850. The summed E-state index contributed by atoms with van der Waals surface area (Å²) < 4.78 is 5.89. The minimum absolute atomic E-state index is 0.00202. The van der Waals surface area contributed by atoms with Crippen LogP contribution in [0.5, 0.6) is 0 Å². The molecule has 5 nitrogen and oxygen atoms in total. The second-order valence-electron chi connectivity index (χ2n) is 4.46. The molecule has 1 N–H and O–H groups in total. The summed E-state index contributed by atoms with van der Waals surface area (Å²) in [5.41, 5.74) is 1.32. The normalized spacial score (nSPS) is 14.1. The highest BCUT2D eigenvalue weighted by Gasteiger charge is 2.25. The Morgan fingerprint density at radius 1 is 1.29 bits per heavy atom. The molecule has 0 saturated carbocycles. The molecule has 0 fully saturated rings. The van der Waals surface area contributed by atoms with E-state index in [9.17, 15) is 9.59 Å². The fourth-order valence-electron chi connectivity index (χ4n) is 2.09. The van der Waals surface area contributed by atoms with E-state index in [4.69, 9.17) is 4.42 Å². The Morgan fingerprint density at radius 2 is 2.10 bits per heavy atom. The lowest BCUT2D eigenvalue weighted by atomic mass is 10.2. The second-order valence-corrected chi connectivity index (χ2v) is 5.25. The van der Waals surface area contributed by atoms with Crippen LogP contribution in [0.15, 0.2) is 51.6 Å². The number of para-hydroxylation sites is 2. The summed E-state index contributed by atoms with van der Waals surface area (Å²) in [5.74, 6) is 0.0750. The molecule has 21 heavy (non-hydrogen) atoms. The Balaban J connectivity index is 1.85. The molecule has 0 aliphatic carbocycles. The summed E-state index contributed by atoms with van der Waals surface area (Å²) in [4.78, 5) is 25.4. The smallest absolute Gasteiger partial charge is 0.251 e. The van der Waals surface area contributed by atoms with Gasteiger partial charge in [-0.25, -0.2) is 0 Å². The van der Waals surface area contributed by atoms with E-state index in [0.29, 0.717) is 21.8 Å². The zero-order valence-corrected chi connectivity index (χ0v) is 12.5. The van der Waals surface area contributed by atoms with Crippen LogP contribution in [0.1, 0.15) is 5.76 Å². The van der Waals surface area contributed by atoms with Crippen molar-refractivity contribution in [2.75, 3.05) is 16.8 Å². The molecular weight excluding hydrogens is 336 g/mol. The third-order valence-electron chi connectivity index (χ3n) is 3.02. The van der Waals surface area contributed by atoms with Gasteiger partial charge in [0.2, 0.25) is 5.91 Å². The monoisotopic (exact) mass is 346 g/mol. The van der Waals surface area contributed by atoms with Crippen LogP contribution in [-0.2, 0) is 9.59 Å². The van der Waals surface area contributed by atoms with Crippen LogP contribution in [0.3, 0.4) is 0 Å². The van der Waals surface area contributed by atoms with Crippen molar-refractivity contribution < 1.29 is 14.0 Å². The molecule has 1 aromatic carbocycles. The molecule has 1 aromatic heterocycles. The van der Waals surface area contributed by atoms with Crippen LogP contribution in [0.25, 0.3) is 6.08 Å². The number of furan rings is 1. The van der Waals surface area contributed by atoms with E-state index in [1.807, 2.05) is 12.1 Å². The zero-order chi connectivity index (χ0) is 14.8. The van der Waals surface area contributed by atoms with Crippen molar-refractivity contribution in [3.05, 3.63) is 52.9 Å². The van der Waals surface area contributed by atoms with Crippen molar-refractivity contribution in [3.8, 4) is 0 Å². The molecule has 0 spiro atoms. The number of amides is 2. The van der Waals surface area contributed by atoms with Crippen LogP contribution in [0.2, 0.25) is 0 Å². The van der Waals surface area contributed by atoms with E-state index in [1.165, 1.54) is 11.0 Å². The summed E-state index contributed by atoms with van der Waals surface area (Å²) in [6.45, 7) is 0.00202. The molecule has 1 aliphatic heterocycles. The van der Waals surface area contributed by atoms with E-state index in [0.717, 1.165) is 0 Å². The standard InChI is InChI=1S/C15H11BrN2O3/c16-13-7-5-10(21-13)6-8-15(20)18-9-14(19)17-11-3-1-2-4-12(11)18/h1-8H,9H2,(H,17,19)/b8-6+. The van der Waals surface area contributed by atoms with Crippen LogP contribution in [-0.4, -0.2) is 18.4 Å². The maximum absolute atomic E-state index is 12.3. The molecular formula is C15H11BrN2O3. The lowest BCUT2D eigenvalue weighted by Gasteiger charge is -2.28. The topological polar surface area (TPSA) is 62.6 Å². The van der Waals surface area contributed by atoms with Gasteiger partial charge in [0.05, 0.1) is 11.4 Å². The molecule has 2 heterocycles. The van der Waals surface area contributed by atoms with Gasteiger partial charge in [0.25, 0.3) is 5.91 Å². The Morgan fingerprint density at radius 3 is 2.86 bits per heavy atom. The van der Waals surface area contributed by atoms with Crippen LogP contribution in [0, 0.1) is 0 Å². The van der Waals surface area contributed by atoms with Gasteiger partial charge in [-0.05, 0) is 46.3 Å². The fraction of sp³-hybridized carbons (Fsp3) is 0.0667. The van der Waals surface area contributed by atoms with Crippen LogP contribution < -0.4 is 10.2 Å². The highest BCUT2D eigenvalue weighted by atomic mass is 79.9. The number of nitrogens with zero attached hydrogens (tertiary/aromatic N) is 1. The van der Waals surface area contributed by atoms with E-state index >= 15 is 0 Å². The van der Waals surface area contributed by atoms with E-state index in [2.05, 4.69) is 21.2 Å². The largest absolute Gasteiger partial charge is 0.450 e. The minimum atomic E-state index is -0.273. The lowest BCUT2D eigenvalue weighted by molar-refractivity contribution is -0.119. The van der Waals surface area contributed by atoms with Gasteiger partial charge in [-0.2, -0.15) is 0 Å². The number of carbonyl (C=O) groups excluding carboxylic acids is 2. The third-order valence-corrected chi connectivity index (χ3v) is 3.45. The van der Waals surface area contributed by atoms with Crippen molar-refractivity contribution in [1.29, 1.82) is 0 Å². The van der Waals surface area contributed by atoms with E-state index < -0.39 is 0 Å². The summed E-state index contributed by atoms with van der Waals surface area (Å²) in [6.07, 6.45) is 2.96. The first-order valence-corrected chi connectivity index (χ1v) is 7.06. The summed E-state index contributed by atoms with van der Waals surface area (Å²) in [6, 6.07) is 10.7. The first-order chi connectivity index (χ1) is 10.1. The molecule has 106 valence electrons. The Hall–Kier alpha value is -2.34. The zero-order valence-electron chi connectivity index (χ0n) is 10.9. The van der Waals surface area contributed by atoms with Crippen molar-refractivity contribution in [2.24, 2.45) is 0 Å². The van der Waals surface area contributed by atoms with Gasteiger partial charge in [-0.15, -0.1) is 0 Å². The molecule has 6 heteroatoms. The maximum Gasteiger partial charge on any atom is 0.251 e. The Bertz CT molecular complexity index is 736. The Kier molecular flexibility index (Phi) is 3.62. The number of carbonyl (C=O) groups is 2. The summed E-state index contributed by atoms with van der Waals surface area (Å²) in [5, 5.41) is 2.74. The number of anilines is 2. The maximum atomic E-state index is 12.3. The van der Waals surface area contributed by atoms with E-state index in [1.54, 1.807) is 30.3 Å².